The van der Waals surface area contributed by atoms with Gasteiger partial charge in [-0.1, -0.05) is 0 Å². The van der Waals surface area contributed by atoms with Crippen molar-refractivity contribution in [3.8, 4) is 0 Å². The first-order valence-corrected chi connectivity index (χ1v) is 11.4. The van der Waals surface area contributed by atoms with Crippen molar-refractivity contribution in [3.63, 3.8) is 0 Å². The van der Waals surface area contributed by atoms with Gasteiger partial charge in [-0.05, 0) is 0 Å². The van der Waals surface area contributed by atoms with Crippen LogP contribution in [0.3, 0.4) is 0 Å². The molecule has 0 atom stereocenters. The molecule has 0 unspecified atom stereocenters. The lowest BCUT2D eigenvalue weighted by Gasteiger charge is -2.24. The van der Waals surface area contributed by atoms with E-state index in [1.54, 1.807) is 4.90 Å². The summed E-state index contributed by atoms with van der Waals surface area (Å²) in [5.74, 6) is -3.75. The standard InChI is InChI=1S/C19H34N4O7.C2HF3O2/c20-4-9-27-13-15-29-11-7-22(8-12-30-16-14-28-10-5-21)17(24)3-6-23-18(25)1-2-19(23)26;3-2(4,5)1(6)7/h1-2H,3-16,20-21H2;(H,6,7). The summed E-state index contributed by atoms with van der Waals surface area (Å²) in [6.45, 7) is 4.97. The Hall–Kier alpha value is -2.63. The first-order valence-electron chi connectivity index (χ1n) is 11.4. The Morgan fingerprint density at radius 3 is 1.54 bits per heavy atom. The lowest BCUT2D eigenvalue weighted by Crippen LogP contribution is -2.40. The molecule has 0 aromatic carbocycles. The molecule has 1 heterocycles. The molecule has 1 aliphatic heterocycles. The Bertz CT molecular complexity index is 688. The van der Waals surface area contributed by atoms with Crippen molar-refractivity contribution in [2.45, 2.75) is 12.6 Å². The molecule has 0 saturated heterocycles. The molecule has 0 saturated carbocycles. The molecule has 0 aromatic rings. The van der Waals surface area contributed by atoms with Crippen molar-refractivity contribution >= 4 is 23.7 Å². The second kappa shape index (κ2) is 20.4. The first kappa shape index (κ1) is 34.4. The third-order valence-corrected chi connectivity index (χ3v) is 4.32. The van der Waals surface area contributed by atoms with Gasteiger partial charge in [-0.3, -0.25) is 19.3 Å². The number of rotatable bonds is 19. The fourth-order valence-electron chi connectivity index (χ4n) is 2.54. The molecular weight excluding hydrogens is 509 g/mol. The van der Waals surface area contributed by atoms with E-state index in [0.717, 1.165) is 4.90 Å². The zero-order chi connectivity index (χ0) is 28.1. The lowest BCUT2D eigenvalue weighted by atomic mass is 10.3. The van der Waals surface area contributed by atoms with Crippen molar-refractivity contribution in [2.24, 2.45) is 11.5 Å². The number of nitrogens with zero attached hydrogens (tertiary/aromatic N) is 2. The van der Waals surface area contributed by atoms with Gasteiger partial charge in [0.05, 0.1) is 52.9 Å². The number of hydrogen-bond donors (Lipinski definition) is 3. The SMILES string of the molecule is NCCOCCOCCN(CCOCCOCCN)C(=O)CCN1C(=O)C=CC1=O.O=C(O)C(F)(F)F. The number of aliphatic carboxylic acids is 1. The largest absolute Gasteiger partial charge is 0.490 e. The fraction of sp³-hybridized carbons (Fsp3) is 0.714. The van der Waals surface area contributed by atoms with Crippen LogP contribution in [0, 0.1) is 0 Å². The van der Waals surface area contributed by atoms with Crippen molar-refractivity contribution in [1.82, 2.24) is 9.80 Å². The predicted octanol–water partition coefficient (Wildman–Crippen LogP) is -1.25. The molecule has 1 aliphatic rings. The average molecular weight is 545 g/mol. The van der Waals surface area contributed by atoms with Gasteiger partial charge in [-0.15, -0.1) is 0 Å². The molecule has 13 nitrogen and oxygen atoms in total. The highest BCUT2D eigenvalue weighted by atomic mass is 19.4. The highest BCUT2D eigenvalue weighted by Gasteiger charge is 2.38. The van der Waals surface area contributed by atoms with Gasteiger partial charge >= 0.3 is 12.1 Å². The molecule has 0 spiro atoms. The average Bonchev–Trinajstić information content (AvgIpc) is 3.16. The monoisotopic (exact) mass is 544 g/mol. The van der Waals surface area contributed by atoms with Gasteiger partial charge < -0.3 is 40.4 Å². The molecule has 5 N–H and O–H groups in total. The summed E-state index contributed by atoms with van der Waals surface area (Å²) in [6, 6.07) is 0. The maximum absolute atomic E-state index is 12.6. The Morgan fingerprint density at radius 2 is 1.19 bits per heavy atom. The van der Waals surface area contributed by atoms with E-state index in [1.807, 2.05) is 0 Å². The van der Waals surface area contributed by atoms with E-state index in [9.17, 15) is 27.6 Å². The molecule has 214 valence electrons. The summed E-state index contributed by atoms with van der Waals surface area (Å²) >= 11 is 0. The molecule has 37 heavy (non-hydrogen) atoms. The van der Waals surface area contributed by atoms with Gasteiger partial charge in [0.15, 0.2) is 0 Å². The maximum Gasteiger partial charge on any atom is 0.490 e. The van der Waals surface area contributed by atoms with Crippen LogP contribution < -0.4 is 11.5 Å². The minimum absolute atomic E-state index is 0.0401. The number of hydrogen-bond acceptors (Lipinski definition) is 10. The second-order valence-electron chi connectivity index (χ2n) is 7.12. The third-order valence-electron chi connectivity index (χ3n) is 4.32. The van der Waals surface area contributed by atoms with E-state index in [1.165, 1.54) is 12.2 Å². The molecule has 0 fully saturated rings. The van der Waals surface area contributed by atoms with Gasteiger partial charge in [-0.2, -0.15) is 13.2 Å². The van der Waals surface area contributed by atoms with Gasteiger partial charge in [-0.25, -0.2) is 4.79 Å². The van der Waals surface area contributed by atoms with Gasteiger partial charge in [0, 0.05) is 51.3 Å². The zero-order valence-electron chi connectivity index (χ0n) is 20.5. The summed E-state index contributed by atoms with van der Waals surface area (Å²) in [6.07, 6.45) is -2.64. The molecule has 1 rings (SSSR count). The topological polar surface area (TPSA) is 184 Å². The molecule has 0 aliphatic carbocycles. The Labute approximate surface area is 212 Å². The second-order valence-corrected chi connectivity index (χ2v) is 7.12. The van der Waals surface area contributed by atoms with Crippen LogP contribution >= 0.6 is 0 Å². The van der Waals surface area contributed by atoms with Crippen LogP contribution in [0.2, 0.25) is 0 Å². The number of carboxylic acid groups (broad SMARTS) is 1. The molecule has 0 aromatic heterocycles. The number of ether oxygens (including phenoxy) is 4. The lowest BCUT2D eigenvalue weighted by molar-refractivity contribution is -0.192. The Balaban J connectivity index is 0.00000161. The molecule has 3 amide bonds. The van der Waals surface area contributed by atoms with E-state index in [-0.39, 0.29) is 18.9 Å². The van der Waals surface area contributed by atoms with E-state index >= 15 is 0 Å². The number of carboxylic acids is 1. The quantitative estimate of drug-likeness (QED) is 0.130. The number of carbonyl (C=O) groups is 4. The number of amides is 3. The summed E-state index contributed by atoms with van der Waals surface area (Å²) in [5.41, 5.74) is 10.7. The summed E-state index contributed by atoms with van der Waals surface area (Å²) in [7, 11) is 0. The van der Waals surface area contributed by atoms with Gasteiger partial charge in [0.2, 0.25) is 5.91 Å². The Kier molecular flexibility index (Phi) is 19.0. The van der Waals surface area contributed by atoms with Crippen LogP contribution in [0.1, 0.15) is 6.42 Å². The van der Waals surface area contributed by atoms with Crippen LogP contribution in [-0.2, 0) is 38.1 Å². The number of halogens is 3. The van der Waals surface area contributed by atoms with Crippen LogP contribution in [0.15, 0.2) is 12.2 Å². The van der Waals surface area contributed by atoms with E-state index < -0.39 is 24.0 Å². The minimum atomic E-state index is -5.08. The number of carbonyl (C=O) groups excluding carboxylic acids is 3. The van der Waals surface area contributed by atoms with Crippen LogP contribution in [0.25, 0.3) is 0 Å². The van der Waals surface area contributed by atoms with Crippen LogP contribution in [0.5, 0.6) is 0 Å². The van der Waals surface area contributed by atoms with Crippen LogP contribution in [0.4, 0.5) is 13.2 Å². The van der Waals surface area contributed by atoms with Gasteiger partial charge in [0.25, 0.3) is 11.8 Å². The van der Waals surface area contributed by atoms with Crippen molar-refractivity contribution in [2.75, 3.05) is 85.6 Å². The minimum Gasteiger partial charge on any atom is -0.475 e. The normalized spacial score (nSPS) is 13.1. The highest BCUT2D eigenvalue weighted by molar-refractivity contribution is 6.13. The summed E-state index contributed by atoms with van der Waals surface area (Å²) < 4.78 is 53.2. The van der Waals surface area contributed by atoms with Crippen molar-refractivity contribution in [3.05, 3.63) is 12.2 Å². The van der Waals surface area contributed by atoms with Crippen LogP contribution in [-0.4, -0.2) is 130 Å². The molecule has 0 bridgehead atoms. The van der Waals surface area contributed by atoms with Crippen molar-refractivity contribution in [1.29, 1.82) is 0 Å². The van der Waals surface area contributed by atoms with E-state index in [2.05, 4.69) is 0 Å². The summed E-state index contributed by atoms with van der Waals surface area (Å²) in [5, 5.41) is 7.12. The maximum atomic E-state index is 12.6. The molecular formula is C21H35F3N4O9. The van der Waals surface area contributed by atoms with E-state index in [4.69, 9.17) is 40.3 Å². The first-order chi connectivity index (χ1) is 17.5. The van der Waals surface area contributed by atoms with E-state index in [0.29, 0.717) is 79.0 Å². The van der Waals surface area contributed by atoms with Crippen molar-refractivity contribution < 1.29 is 56.4 Å². The number of nitrogens with two attached hydrogens (primary N) is 2. The fourth-order valence-corrected chi connectivity index (χ4v) is 2.54. The molecule has 16 heteroatoms. The summed E-state index contributed by atoms with van der Waals surface area (Å²) in [4.78, 5) is 47.4. The Morgan fingerprint density at radius 1 is 0.811 bits per heavy atom. The van der Waals surface area contributed by atoms with Gasteiger partial charge in [0.1, 0.15) is 0 Å². The third kappa shape index (κ3) is 17.5. The zero-order valence-corrected chi connectivity index (χ0v) is 20.5. The highest BCUT2D eigenvalue weighted by Crippen LogP contribution is 2.13. The smallest absolute Gasteiger partial charge is 0.475 e. The number of alkyl halides is 3. The number of imide groups is 1. The predicted molar refractivity (Wildman–Crippen MR) is 122 cm³/mol. The molecule has 0 radical (unpaired) electrons.